The maximum absolute atomic E-state index is 12.7. The summed E-state index contributed by atoms with van der Waals surface area (Å²) in [5.74, 6) is -1.13. The van der Waals surface area contributed by atoms with E-state index >= 15 is 0 Å². The highest BCUT2D eigenvalue weighted by molar-refractivity contribution is 8.00. The minimum Gasteiger partial charge on any atom is -0.480 e. The van der Waals surface area contributed by atoms with E-state index in [9.17, 15) is 14.4 Å². The second-order valence-electron chi connectivity index (χ2n) is 6.05. The van der Waals surface area contributed by atoms with Gasteiger partial charge in [-0.3, -0.25) is 19.3 Å². The predicted molar refractivity (Wildman–Crippen MR) is 91.5 cm³/mol. The Bertz CT molecular complexity index is 669. The summed E-state index contributed by atoms with van der Waals surface area (Å²) in [5, 5.41) is 9.05. The largest absolute Gasteiger partial charge is 0.480 e. The number of nitrogens with zero attached hydrogens (tertiary/aromatic N) is 2. The fraction of sp³-hybridized carbons (Fsp3) is 0.471. The van der Waals surface area contributed by atoms with Gasteiger partial charge in [-0.15, -0.1) is 11.8 Å². The van der Waals surface area contributed by atoms with E-state index < -0.39 is 5.97 Å². The molecule has 0 unspecified atom stereocenters. The van der Waals surface area contributed by atoms with Crippen LogP contribution in [0.5, 0.6) is 0 Å². The quantitative estimate of drug-likeness (QED) is 0.906. The smallest absolute Gasteiger partial charge is 0.323 e. The van der Waals surface area contributed by atoms with Crippen LogP contribution >= 0.6 is 11.8 Å². The van der Waals surface area contributed by atoms with Crippen LogP contribution in [0.1, 0.15) is 36.0 Å². The number of carboxylic acids is 1. The van der Waals surface area contributed by atoms with Gasteiger partial charge in [0.05, 0.1) is 11.4 Å². The number of thioether (sulfide) groups is 1. The first kappa shape index (κ1) is 16.8. The molecule has 128 valence electrons. The van der Waals surface area contributed by atoms with Crippen LogP contribution in [0.25, 0.3) is 0 Å². The monoisotopic (exact) mass is 348 g/mol. The summed E-state index contributed by atoms with van der Waals surface area (Å²) in [6.07, 6.45) is 4.31. The molecule has 1 saturated heterocycles. The van der Waals surface area contributed by atoms with Crippen LogP contribution in [-0.4, -0.2) is 53.2 Å². The summed E-state index contributed by atoms with van der Waals surface area (Å²) in [5.41, 5.74) is 1.04. The highest BCUT2D eigenvalue weighted by Gasteiger charge is 2.28. The Kier molecular flexibility index (Phi) is 5.08. The Morgan fingerprint density at radius 3 is 2.50 bits per heavy atom. The van der Waals surface area contributed by atoms with Gasteiger partial charge < -0.3 is 10.0 Å². The molecule has 2 aliphatic rings. The van der Waals surface area contributed by atoms with E-state index in [1.165, 1.54) is 16.7 Å². The lowest BCUT2D eigenvalue weighted by Gasteiger charge is -2.28. The molecule has 3 rings (SSSR count). The number of aliphatic carboxylic acids is 1. The predicted octanol–water partition coefficient (Wildman–Crippen LogP) is 2.23. The molecular formula is C17H20N2O4S. The molecule has 2 amide bonds. The molecule has 2 aliphatic heterocycles. The van der Waals surface area contributed by atoms with Crippen LogP contribution in [-0.2, 0) is 9.59 Å². The van der Waals surface area contributed by atoms with Crippen molar-refractivity contribution in [3.05, 3.63) is 23.8 Å². The Balaban J connectivity index is 1.88. The van der Waals surface area contributed by atoms with E-state index in [0.29, 0.717) is 11.3 Å². The van der Waals surface area contributed by atoms with Crippen LogP contribution in [0.15, 0.2) is 23.1 Å². The highest BCUT2D eigenvalue weighted by Crippen LogP contribution is 2.36. The number of likely N-dealkylation sites (tertiary alicyclic amines) is 1. The lowest BCUT2D eigenvalue weighted by atomic mass is 10.1. The first-order chi connectivity index (χ1) is 11.6. The Hall–Kier alpha value is -2.02. The molecule has 0 aromatic heterocycles. The number of carbonyl (C=O) groups excluding carboxylic acids is 2. The normalized spacial score (nSPS) is 18.1. The molecule has 1 N–H and O–H groups in total. The third-order valence-corrected chi connectivity index (χ3v) is 5.38. The van der Waals surface area contributed by atoms with Crippen LogP contribution in [0.3, 0.4) is 0 Å². The van der Waals surface area contributed by atoms with Gasteiger partial charge in [0.25, 0.3) is 5.91 Å². The second-order valence-corrected chi connectivity index (χ2v) is 7.07. The number of fused-ring (bicyclic) bond motifs is 1. The van der Waals surface area contributed by atoms with E-state index in [0.717, 1.165) is 43.7 Å². The average Bonchev–Trinajstić information content (AvgIpc) is 2.85. The number of carbonyl (C=O) groups is 3. The van der Waals surface area contributed by atoms with Crippen molar-refractivity contribution >= 4 is 35.2 Å². The van der Waals surface area contributed by atoms with Gasteiger partial charge in [0, 0.05) is 23.5 Å². The zero-order valence-corrected chi connectivity index (χ0v) is 14.2. The van der Waals surface area contributed by atoms with Crippen molar-refractivity contribution in [3.8, 4) is 0 Å². The molecule has 0 spiro atoms. The standard InChI is InChI=1S/C17H20N2O4S/c20-15-11-24-14-6-5-12(9-13(14)19(15)10-16(21)22)17(23)18-7-3-1-2-4-8-18/h5-6,9H,1-4,7-8,10-11H2,(H,21,22). The van der Waals surface area contributed by atoms with Crippen LogP contribution in [0, 0.1) is 0 Å². The molecule has 7 heteroatoms. The highest BCUT2D eigenvalue weighted by atomic mass is 32.2. The lowest BCUT2D eigenvalue weighted by molar-refractivity contribution is -0.136. The molecule has 0 saturated carbocycles. The van der Waals surface area contributed by atoms with E-state index in [4.69, 9.17) is 5.11 Å². The minimum absolute atomic E-state index is 0.0435. The Morgan fingerprint density at radius 2 is 1.83 bits per heavy atom. The van der Waals surface area contributed by atoms with Gasteiger partial charge in [0.2, 0.25) is 5.91 Å². The molecule has 0 bridgehead atoms. The van der Waals surface area contributed by atoms with E-state index in [-0.39, 0.29) is 24.1 Å². The first-order valence-corrected chi connectivity index (χ1v) is 9.13. The van der Waals surface area contributed by atoms with Crippen molar-refractivity contribution in [2.24, 2.45) is 0 Å². The third kappa shape index (κ3) is 3.56. The van der Waals surface area contributed by atoms with Gasteiger partial charge in [-0.25, -0.2) is 0 Å². The summed E-state index contributed by atoms with van der Waals surface area (Å²) in [6, 6.07) is 5.25. The summed E-state index contributed by atoms with van der Waals surface area (Å²) in [7, 11) is 0. The van der Waals surface area contributed by atoms with Crippen molar-refractivity contribution in [2.45, 2.75) is 30.6 Å². The van der Waals surface area contributed by atoms with Gasteiger partial charge in [0.15, 0.2) is 0 Å². The zero-order chi connectivity index (χ0) is 17.1. The minimum atomic E-state index is -1.06. The summed E-state index contributed by atoms with van der Waals surface area (Å²) >= 11 is 1.38. The summed E-state index contributed by atoms with van der Waals surface area (Å²) in [6.45, 7) is 1.12. The molecular weight excluding hydrogens is 328 g/mol. The first-order valence-electron chi connectivity index (χ1n) is 8.14. The van der Waals surface area contributed by atoms with E-state index in [1.54, 1.807) is 12.1 Å². The molecule has 0 aliphatic carbocycles. The van der Waals surface area contributed by atoms with Crippen molar-refractivity contribution in [1.29, 1.82) is 0 Å². The number of rotatable bonds is 3. The maximum Gasteiger partial charge on any atom is 0.323 e. The van der Waals surface area contributed by atoms with Crippen molar-refractivity contribution in [2.75, 3.05) is 30.3 Å². The van der Waals surface area contributed by atoms with Gasteiger partial charge in [-0.05, 0) is 31.0 Å². The molecule has 1 fully saturated rings. The molecule has 24 heavy (non-hydrogen) atoms. The van der Waals surface area contributed by atoms with Gasteiger partial charge in [-0.2, -0.15) is 0 Å². The summed E-state index contributed by atoms with van der Waals surface area (Å²) in [4.78, 5) is 39.8. The number of anilines is 1. The van der Waals surface area contributed by atoms with Crippen LogP contribution in [0.4, 0.5) is 5.69 Å². The summed E-state index contributed by atoms with van der Waals surface area (Å²) < 4.78 is 0. The topological polar surface area (TPSA) is 77.9 Å². The number of benzene rings is 1. The second kappa shape index (κ2) is 7.25. The van der Waals surface area contributed by atoms with Crippen molar-refractivity contribution in [3.63, 3.8) is 0 Å². The van der Waals surface area contributed by atoms with Gasteiger partial charge in [-0.1, -0.05) is 12.8 Å². The Labute approximate surface area is 144 Å². The maximum atomic E-state index is 12.7. The fourth-order valence-corrected chi connectivity index (χ4v) is 4.02. The molecule has 6 nitrogen and oxygen atoms in total. The van der Waals surface area contributed by atoms with E-state index in [2.05, 4.69) is 0 Å². The lowest BCUT2D eigenvalue weighted by Crippen LogP contribution is -2.39. The number of hydrogen-bond donors (Lipinski definition) is 1. The Morgan fingerprint density at radius 1 is 1.12 bits per heavy atom. The number of carboxylic acid groups (broad SMARTS) is 1. The average molecular weight is 348 g/mol. The molecule has 2 heterocycles. The van der Waals surface area contributed by atoms with Crippen LogP contribution < -0.4 is 4.90 Å². The molecule has 0 atom stereocenters. The number of amides is 2. The van der Waals surface area contributed by atoms with E-state index in [1.807, 2.05) is 11.0 Å². The van der Waals surface area contributed by atoms with Crippen molar-refractivity contribution < 1.29 is 19.5 Å². The fourth-order valence-electron chi connectivity index (χ4n) is 3.10. The SMILES string of the molecule is O=C(O)CN1C(=O)CSc2ccc(C(=O)N3CCCCCC3)cc21. The van der Waals surface area contributed by atoms with Gasteiger partial charge >= 0.3 is 5.97 Å². The van der Waals surface area contributed by atoms with Crippen LogP contribution in [0.2, 0.25) is 0 Å². The molecule has 1 aromatic rings. The third-order valence-electron chi connectivity index (χ3n) is 4.34. The zero-order valence-electron chi connectivity index (χ0n) is 13.4. The number of hydrogen-bond acceptors (Lipinski definition) is 4. The van der Waals surface area contributed by atoms with Gasteiger partial charge in [0.1, 0.15) is 6.54 Å². The molecule has 0 radical (unpaired) electrons. The van der Waals surface area contributed by atoms with Crippen molar-refractivity contribution in [1.82, 2.24) is 4.90 Å². The molecule has 1 aromatic carbocycles.